The van der Waals surface area contributed by atoms with Gasteiger partial charge < -0.3 is 28.8 Å². The van der Waals surface area contributed by atoms with Gasteiger partial charge in [-0.25, -0.2) is 0 Å². The Hall–Kier alpha value is -1.28. The third kappa shape index (κ3) is 46.5. The lowest BCUT2D eigenvalue weighted by atomic mass is 10.0. The molecule has 0 bridgehead atoms. The van der Waals surface area contributed by atoms with E-state index in [4.69, 9.17) is 9.05 Å². The third-order valence-electron chi connectivity index (χ3n) is 11.6. The van der Waals surface area contributed by atoms with Gasteiger partial charge in [-0.3, -0.25) is 9.36 Å². The van der Waals surface area contributed by atoms with Gasteiger partial charge in [0.2, 0.25) is 5.91 Å². The average Bonchev–Trinajstić information content (AvgIpc) is 3.21. The Bertz CT molecular complexity index is 1090. The Morgan fingerprint density at radius 1 is 0.557 bits per heavy atom. The Morgan fingerprint density at radius 3 is 1.33 bits per heavy atom. The average molecular weight is 881 g/mol. The number of carbonyl (C=O) groups is 1. The van der Waals surface area contributed by atoms with Crippen LogP contribution in [0, 0.1) is 0 Å². The van der Waals surface area contributed by atoms with Crippen molar-refractivity contribution < 1.29 is 32.9 Å². The van der Waals surface area contributed by atoms with Crippen LogP contribution in [-0.4, -0.2) is 68.5 Å². The molecule has 0 spiro atoms. The van der Waals surface area contributed by atoms with E-state index in [0.29, 0.717) is 17.4 Å². The molecule has 0 fully saturated rings. The van der Waals surface area contributed by atoms with Crippen molar-refractivity contribution in [1.82, 2.24) is 5.32 Å². The zero-order chi connectivity index (χ0) is 45.0. The molecule has 0 aliphatic heterocycles. The molecule has 0 aromatic carbocycles. The van der Waals surface area contributed by atoms with Crippen LogP contribution in [0.5, 0.6) is 0 Å². The number of unbranched alkanes of at least 4 members (excludes halogenated alkanes) is 30. The molecule has 0 rings (SSSR count). The highest BCUT2D eigenvalue weighted by atomic mass is 31.2. The second kappa shape index (κ2) is 43.9. The van der Waals surface area contributed by atoms with E-state index < -0.39 is 26.6 Å². The number of nitrogens with one attached hydrogen (secondary N) is 1. The van der Waals surface area contributed by atoms with Gasteiger partial charge in [0.05, 0.1) is 39.9 Å². The molecule has 3 unspecified atom stereocenters. The Kier molecular flexibility index (Phi) is 43.0. The fourth-order valence-electron chi connectivity index (χ4n) is 7.46. The minimum atomic E-state index is -4.60. The Morgan fingerprint density at radius 2 is 0.918 bits per heavy atom. The lowest BCUT2D eigenvalue weighted by Gasteiger charge is -2.29. The molecule has 2 N–H and O–H groups in total. The summed E-state index contributed by atoms with van der Waals surface area (Å²) in [6.07, 6.45) is 54.9. The monoisotopic (exact) mass is 881 g/mol. The van der Waals surface area contributed by atoms with E-state index in [1.807, 2.05) is 27.2 Å². The first-order valence-corrected chi connectivity index (χ1v) is 27.3. The standard InChI is InChI=1S/C52H101N2O6P/c1-6-8-10-12-14-16-18-20-22-24-25-26-27-28-29-30-32-34-36-38-40-42-44-46-52(56)53-50(49-60-61(57,58)59-48-47-54(3,4)5)51(55)45-43-41-39-37-35-33-31-23-21-19-17-15-13-11-9-7-2/h24-25,35,37,43,45,50-51,55H,6-23,26-34,36,38-42,44,46-49H2,1-5H3,(H-,53,56,57,58)/b25-24-,37-35+,45-43+. The van der Waals surface area contributed by atoms with E-state index in [2.05, 4.69) is 43.5 Å². The molecule has 9 heteroatoms. The first-order chi connectivity index (χ1) is 29.5. The summed E-state index contributed by atoms with van der Waals surface area (Å²) in [7, 11) is 1.25. The molecule has 61 heavy (non-hydrogen) atoms. The predicted molar refractivity (Wildman–Crippen MR) is 261 cm³/mol. The van der Waals surface area contributed by atoms with Crippen LogP contribution in [0.2, 0.25) is 0 Å². The number of likely N-dealkylation sites (N-methyl/N-ethyl adjacent to an activating group) is 1. The molecule has 1 amide bonds. The first-order valence-electron chi connectivity index (χ1n) is 25.9. The first kappa shape index (κ1) is 59.7. The summed E-state index contributed by atoms with van der Waals surface area (Å²) in [6.45, 7) is 4.64. The predicted octanol–water partition coefficient (Wildman–Crippen LogP) is 14.4. The number of aliphatic hydroxyl groups excluding tert-OH is 1. The molecule has 0 aliphatic carbocycles. The number of phosphoric acid groups is 1. The lowest BCUT2D eigenvalue weighted by Crippen LogP contribution is -2.45. The van der Waals surface area contributed by atoms with Gasteiger partial charge in [-0.05, 0) is 57.8 Å². The highest BCUT2D eigenvalue weighted by Gasteiger charge is 2.23. The number of allylic oxidation sites excluding steroid dienone is 5. The van der Waals surface area contributed by atoms with E-state index in [9.17, 15) is 19.4 Å². The van der Waals surface area contributed by atoms with Gasteiger partial charge in [-0.2, -0.15) is 0 Å². The van der Waals surface area contributed by atoms with Crippen LogP contribution in [0.1, 0.15) is 239 Å². The summed E-state index contributed by atoms with van der Waals surface area (Å²) in [5, 5.41) is 13.8. The highest BCUT2D eigenvalue weighted by molar-refractivity contribution is 7.45. The maximum Gasteiger partial charge on any atom is 0.268 e. The number of rotatable bonds is 47. The van der Waals surface area contributed by atoms with Crippen LogP contribution >= 0.6 is 7.82 Å². The Labute approximate surface area is 378 Å². The summed E-state index contributed by atoms with van der Waals surface area (Å²) in [5.41, 5.74) is 0. The second-order valence-corrected chi connectivity index (χ2v) is 20.3. The van der Waals surface area contributed by atoms with Crippen molar-refractivity contribution in [2.75, 3.05) is 40.9 Å². The Balaban J connectivity index is 4.29. The van der Waals surface area contributed by atoms with Crippen molar-refractivity contribution in [3.63, 3.8) is 0 Å². The van der Waals surface area contributed by atoms with Crippen LogP contribution in [0.15, 0.2) is 36.5 Å². The molecule has 0 aromatic heterocycles. The minimum Gasteiger partial charge on any atom is -0.756 e. The molecular weight excluding hydrogens is 780 g/mol. The van der Waals surface area contributed by atoms with Gasteiger partial charge in [0, 0.05) is 6.42 Å². The van der Waals surface area contributed by atoms with Gasteiger partial charge in [-0.1, -0.05) is 211 Å². The lowest BCUT2D eigenvalue weighted by molar-refractivity contribution is -0.870. The minimum absolute atomic E-state index is 0.00594. The fraction of sp³-hybridized carbons (Fsp3) is 0.865. The number of hydrogen-bond acceptors (Lipinski definition) is 6. The van der Waals surface area contributed by atoms with Crippen LogP contribution in [-0.2, 0) is 18.4 Å². The molecule has 3 atom stereocenters. The van der Waals surface area contributed by atoms with Crippen LogP contribution in [0.25, 0.3) is 0 Å². The topological polar surface area (TPSA) is 108 Å². The molecule has 8 nitrogen and oxygen atoms in total. The second-order valence-electron chi connectivity index (χ2n) is 18.9. The quantitative estimate of drug-likeness (QED) is 0.0273. The third-order valence-corrected chi connectivity index (χ3v) is 12.5. The summed E-state index contributed by atoms with van der Waals surface area (Å²) < 4.78 is 23.3. The number of quaternary nitrogens is 1. The molecule has 0 aromatic rings. The summed E-state index contributed by atoms with van der Waals surface area (Å²) >= 11 is 0. The summed E-state index contributed by atoms with van der Waals surface area (Å²) in [5.74, 6) is -0.207. The van der Waals surface area contributed by atoms with E-state index in [1.165, 1.54) is 180 Å². The molecule has 0 saturated carbocycles. The zero-order valence-electron chi connectivity index (χ0n) is 40.9. The number of hydrogen-bond donors (Lipinski definition) is 2. The van der Waals surface area contributed by atoms with Crippen molar-refractivity contribution in [1.29, 1.82) is 0 Å². The van der Waals surface area contributed by atoms with E-state index in [1.54, 1.807) is 6.08 Å². The maximum atomic E-state index is 12.9. The van der Waals surface area contributed by atoms with Gasteiger partial charge >= 0.3 is 0 Å². The van der Waals surface area contributed by atoms with Gasteiger partial charge in [0.15, 0.2) is 0 Å². The van der Waals surface area contributed by atoms with Crippen LogP contribution < -0.4 is 10.2 Å². The van der Waals surface area contributed by atoms with Crippen LogP contribution in [0.4, 0.5) is 0 Å². The SMILES string of the molecule is CCCCCCCCCC/C=C\CCCCCCCCCCCCCC(=O)NC(COP(=O)([O-])OCC[N+](C)(C)C)C(O)/C=C/CC/C=C/CCCCCCCCCCCC. The smallest absolute Gasteiger partial charge is 0.268 e. The highest BCUT2D eigenvalue weighted by Crippen LogP contribution is 2.38. The number of amides is 1. The normalized spacial score (nSPS) is 14.4. The maximum absolute atomic E-state index is 12.9. The molecule has 0 heterocycles. The van der Waals surface area contributed by atoms with E-state index >= 15 is 0 Å². The number of carbonyl (C=O) groups excluding carboxylic acids is 1. The summed E-state index contributed by atoms with van der Waals surface area (Å²) in [4.78, 5) is 25.4. The van der Waals surface area contributed by atoms with Gasteiger partial charge in [0.25, 0.3) is 7.82 Å². The zero-order valence-corrected chi connectivity index (χ0v) is 41.8. The van der Waals surface area contributed by atoms with Crippen molar-refractivity contribution in [3.05, 3.63) is 36.5 Å². The molecule has 0 saturated heterocycles. The van der Waals surface area contributed by atoms with Crippen LogP contribution in [0.3, 0.4) is 0 Å². The summed E-state index contributed by atoms with van der Waals surface area (Å²) in [6, 6.07) is -0.902. The van der Waals surface area contributed by atoms with Crippen molar-refractivity contribution in [3.8, 4) is 0 Å². The molecular formula is C52H101N2O6P. The number of aliphatic hydroxyl groups is 1. The molecule has 360 valence electrons. The van der Waals surface area contributed by atoms with Crippen molar-refractivity contribution >= 4 is 13.7 Å². The van der Waals surface area contributed by atoms with Crippen molar-refractivity contribution in [2.24, 2.45) is 0 Å². The molecule has 0 aliphatic rings. The van der Waals surface area contributed by atoms with Gasteiger partial charge in [-0.15, -0.1) is 0 Å². The fourth-order valence-corrected chi connectivity index (χ4v) is 8.18. The largest absolute Gasteiger partial charge is 0.756 e. The number of phosphoric ester groups is 1. The van der Waals surface area contributed by atoms with Crippen molar-refractivity contribution in [2.45, 2.75) is 251 Å². The molecule has 0 radical (unpaired) electrons. The van der Waals surface area contributed by atoms with E-state index in [-0.39, 0.29) is 12.5 Å². The number of nitrogens with zero attached hydrogens (tertiary/aromatic N) is 1. The van der Waals surface area contributed by atoms with Gasteiger partial charge in [0.1, 0.15) is 13.2 Å². The van der Waals surface area contributed by atoms with E-state index in [0.717, 1.165) is 38.5 Å².